The molecular weight excluding hydrogens is 432 g/mol. The number of likely N-dealkylation sites (tertiary alicyclic amines) is 1. The predicted octanol–water partition coefficient (Wildman–Crippen LogP) is 1.69. The van der Waals surface area contributed by atoms with Gasteiger partial charge in [-0.3, -0.25) is 18.8 Å². The van der Waals surface area contributed by atoms with E-state index in [2.05, 4.69) is 27.3 Å². The van der Waals surface area contributed by atoms with Crippen molar-refractivity contribution in [3.05, 3.63) is 70.8 Å². The van der Waals surface area contributed by atoms with Crippen molar-refractivity contribution >= 4 is 28.8 Å². The van der Waals surface area contributed by atoms with Crippen molar-refractivity contribution in [1.82, 2.24) is 19.2 Å². The average Bonchev–Trinajstić information content (AvgIpc) is 3.43. The minimum atomic E-state index is -0.331. The topological polar surface area (TPSA) is 90.3 Å². The van der Waals surface area contributed by atoms with Crippen molar-refractivity contribution < 1.29 is 9.59 Å². The van der Waals surface area contributed by atoms with Crippen LogP contribution in [-0.4, -0.2) is 76.8 Å². The van der Waals surface area contributed by atoms with Gasteiger partial charge in [0.05, 0.1) is 18.3 Å². The summed E-state index contributed by atoms with van der Waals surface area (Å²) in [6, 6.07) is 13.5. The number of piperazine rings is 1. The van der Waals surface area contributed by atoms with Crippen molar-refractivity contribution in [2.45, 2.75) is 12.8 Å². The molecule has 0 spiro atoms. The van der Waals surface area contributed by atoms with E-state index in [1.165, 1.54) is 10.6 Å². The fraction of sp³-hybridized carbons (Fsp3) is 0.360. The standard InChI is InChI=1S/C25H28N6O3/c32-22(29-10-4-5-11-29)18-26-21-17-27-23-20(9-6-12-31(23)25(21)34)24(33)30-15-13-28(14-16-30)19-7-2-1-3-8-19/h1-3,6-9,12,17,26H,4-5,10-11,13-16,18H2. The highest BCUT2D eigenvalue weighted by Crippen LogP contribution is 2.18. The third-order valence-corrected chi connectivity index (χ3v) is 6.54. The zero-order valence-corrected chi connectivity index (χ0v) is 19.0. The van der Waals surface area contributed by atoms with E-state index in [0.717, 1.165) is 44.7 Å². The summed E-state index contributed by atoms with van der Waals surface area (Å²) in [4.78, 5) is 48.9. The van der Waals surface area contributed by atoms with E-state index < -0.39 is 0 Å². The number of aromatic nitrogens is 2. The lowest BCUT2D eigenvalue weighted by Crippen LogP contribution is -2.49. The minimum absolute atomic E-state index is 0.0272. The summed E-state index contributed by atoms with van der Waals surface area (Å²) in [5.41, 5.74) is 1.77. The van der Waals surface area contributed by atoms with Crippen LogP contribution in [0.25, 0.3) is 5.65 Å². The zero-order valence-electron chi connectivity index (χ0n) is 19.0. The molecule has 2 fully saturated rings. The molecule has 1 N–H and O–H groups in total. The van der Waals surface area contributed by atoms with Crippen molar-refractivity contribution in [2.75, 3.05) is 56.0 Å². The van der Waals surface area contributed by atoms with Crippen LogP contribution >= 0.6 is 0 Å². The molecule has 0 bridgehead atoms. The van der Waals surface area contributed by atoms with E-state index in [1.54, 1.807) is 23.2 Å². The molecule has 2 amide bonds. The highest BCUT2D eigenvalue weighted by Gasteiger charge is 2.25. The minimum Gasteiger partial charge on any atom is -0.370 e. The number of hydrogen-bond acceptors (Lipinski definition) is 6. The van der Waals surface area contributed by atoms with Gasteiger partial charge in [0.15, 0.2) is 5.65 Å². The third kappa shape index (κ3) is 4.33. The summed E-state index contributed by atoms with van der Waals surface area (Å²) in [7, 11) is 0. The Morgan fingerprint density at radius 3 is 2.35 bits per heavy atom. The first-order chi connectivity index (χ1) is 16.6. The number of hydrogen-bond donors (Lipinski definition) is 1. The highest BCUT2D eigenvalue weighted by atomic mass is 16.2. The molecule has 9 heteroatoms. The number of anilines is 2. The second kappa shape index (κ2) is 9.54. The molecule has 0 atom stereocenters. The number of benzene rings is 1. The fourth-order valence-electron chi connectivity index (χ4n) is 4.62. The largest absolute Gasteiger partial charge is 0.370 e. The molecule has 3 aromatic rings. The lowest BCUT2D eigenvalue weighted by atomic mass is 10.2. The first-order valence-electron chi connectivity index (χ1n) is 11.7. The van der Waals surface area contributed by atoms with Gasteiger partial charge in [-0.25, -0.2) is 4.98 Å². The Labute approximate surface area is 197 Å². The van der Waals surface area contributed by atoms with Crippen molar-refractivity contribution in [3.8, 4) is 0 Å². The van der Waals surface area contributed by atoms with Gasteiger partial charge < -0.3 is 20.0 Å². The molecule has 4 heterocycles. The first kappa shape index (κ1) is 21.9. The van der Waals surface area contributed by atoms with Crippen LogP contribution in [0, 0.1) is 0 Å². The van der Waals surface area contributed by atoms with Gasteiger partial charge in [-0.2, -0.15) is 0 Å². The van der Waals surface area contributed by atoms with Crippen molar-refractivity contribution in [3.63, 3.8) is 0 Å². The maximum atomic E-state index is 13.3. The molecule has 0 aliphatic carbocycles. The summed E-state index contributed by atoms with van der Waals surface area (Å²) in [6.07, 6.45) is 5.05. The molecule has 2 aliphatic rings. The summed E-state index contributed by atoms with van der Waals surface area (Å²) in [6.45, 7) is 4.25. The summed E-state index contributed by atoms with van der Waals surface area (Å²) in [5.74, 6) is -0.164. The Kier molecular flexibility index (Phi) is 6.16. The molecule has 2 aliphatic heterocycles. The molecule has 0 unspecified atom stereocenters. The molecular formula is C25H28N6O3. The maximum absolute atomic E-state index is 13.3. The number of carbonyl (C=O) groups is 2. The van der Waals surface area contributed by atoms with Crippen LogP contribution in [0.4, 0.5) is 11.4 Å². The molecule has 0 saturated carbocycles. The monoisotopic (exact) mass is 460 g/mol. The van der Waals surface area contributed by atoms with Gasteiger partial charge in [0.1, 0.15) is 5.69 Å². The van der Waals surface area contributed by atoms with Gasteiger partial charge >= 0.3 is 0 Å². The number of pyridine rings is 1. The van der Waals surface area contributed by atoms with Crippen LogP contribution in [0.5, 0.6) is 0 Å². The van der Waals surface area contributed by atoms with Crippen LogP contribution in [0.3, 0.4) is 0 Å². The van der Waals surface area contributed by atoms with E-state index in [1.807, 2.05) is 23.1 Å². The number of amides is 2. The van der Waals surface area contributed by atoms with Crippen molar-refractivity contribution in [2.24, 2.45) is 0 Å². The molecule has 2 saturated heterocycles. The van der Waals surface area contributed by atoms with Crippen molar-refractivity contribution in [1.29, 1.82) is 0 Å². The number of nitrogens with zero attached hydrogens (tertiary/aromatic N) is 5. The number of rotatable bonds is 5. The smallest absolute Gasteiger partial charge is 0.281 e. The second-order valence-electron chi connectivity index (χ2n) is 8.65. The lowest BCUT2D eigenvalue weighted by molar-refractivity contribution is -0.128. The Hall–Kier alpha value is -3.88. The Morgan fingerprint density at radius 2 is 1.62 bits per heavy atom. The molecule has 1 aromatic carbocycles. The number of para-hydroxylation sites is 1. The molecule has 9 nitrogen and oxygen atoms in total. The van der Waals surface area contributed by atoms with Gasteiger partial charge in [-0.15, -0.1) is 0 Å². The van der Waals surface area contributed by atoms with Gasteiger partial charge in [0, 0.05) is 51.2 Å². The van der Waals surface area contributed by atoms with Crippen LogP contribution in [0.1, 0.15) is 23.2 Å². The van der Waals surface area contributed by atoms with Gasteiger partial charge in [0.25, 0.3) is 11.5 Å². The zero-order chi connectivity index (χ0) is 23.5. The molecule has 34 heavy (non-hydrogen) atoms. The van der Waals surface area contributed by atoms with Crippen LogP contribution in [0.15, 0.2) is 59.7 Å². The number of carbonyl (C=O) groups excluding carboxylic acids is 2. The van der Waals surface area contributed by atoms with Gasteiger partial charge in [-0.05, 0) is 37.1 Å². The van der Waals surface area contributed by atoms with Crippen LogP contribution < -0.4 is 15.8 Å². The first-order valence-corrected chi connectivity index (χ1v) is 11.7. The summed E-state index contributed by atoms with van der Waals surface area (Å²) >= 11 is 0. The Balaban J connectivity index is 1.30. The predicted molar refractivity (Wildman–Crippen MR) is 130 cm³/mol. The van der Waals surface area contributed by atoms with Gasteiger partial charge in [0.2, 0.25) is 5.91 Å². The molecule has 0 radical (unpaired) electrons. The summed E-state index contributed by atoms with van der Waals surface area (Å²) < 4.78 is 1.37. The van der Waals surface area contributed by atoms with E-state index in [0.29, 0.717) is 24.3 Å². The molecule has 2 aromatic heterocycles. The second-order valence-corrected chi connectivity index (χ2v) is 8.65. The quantitative estimate of drug-likeness (QED) is 0.623. The SMILES string of the molecule is O=C(CNc1cnc2c(C(=O)N3CCN(c4ccccc4)CC3)cccn2c1=O)N1CCCC1. The Morgan fingerprint density at radius 1 is 0.882 bits per heavy atom. The van der Waals surface area contributed by atoms with Gasteiger partial charge in [-0.1, -0.05) is 18.2 Å². The number of nitrogens with one attached hydrogen (secondary N) is 1. The normalized spacial score (nSPS) is 16.2. The van der Waals surface area contributed by atoms with E-state index >= 15 is 0 Å². The van der Waals surface area contributed by atoms with Crippen LogP contribution in [0.2, 0.25) is 0 Å². The Bertz CT molecular complexity index is 1240. The molecule has 176 valence electrons. The summed E-state index contributed by atoms with van der Waals surface area (Å²) in [5, 5.41) is 2.93. The van der Waals surface area contributed by atoms with Crippen LogP contribution in [-0.2, 0) is 4.79 Å². The van der Waals surface area contributed by atoms with E-state index in [-0.39, 0.29) is 29.6 Å². The highest BCUT2D eigenvalue weighted by molar-refractivity contribution is 6.00. The van der Waals surface area contributed by atoms with E-state index in [4.69, 9.17) is 0 Å². The lowest BCUT2D eigenvalue weighted by Gasteiger charge is -2.36. The fourth-order valence-corrected chi connectivity index (χ4v) is 4.62. The van der Waals surface area contributed by atoms with E-state index in [9.17, 15) is 14.4 Å². The average molecular weight is 461 g/mol. The third-order valence-electron chi connectivity index (χ3n) is 6.54. The maximum Gasteiger partial charge on any atom is 0.281 e. The number of fused-ring (bicyclic) bond motifs is 1. The molecule has 5 rings (SSSR count).